The Hall–Kier alpha value is -3.02. The van der Waals surface area contributed by atoms with Crippen LogP contribution < -0.4 is 0 Å². The number of amides is 2. The number of benzene rings is 2. The van der Waals surface area contributed by atoms with Gasteiger partial charge in [-0.3, -0.25) is 0 Å². The molecule has 0 N–H and O–H groups in total. The molecule has 3 rings (SSSR count). The fourth-order valence-corrected chi connectivity index (χ4v) is 4.34. The molecule has 1 aliphatic rings. The Balaban J connectivity index is 1.68. The van der Waals surface area contributed by atoms with Gasteiger partial charge in [0.15, 0.2) is 0 Å². The Morgan fingerprint density at radius 2 is 1.03 bits per heavy atom. The fourth-order valence-electron chi connectivity index (χ4n) is 4.34. The number of hydrogen-bond acceptors (Lipinski definition) is 4. The molecule has 2 aromatic rings. The van der Waals surface area contributed by atoms with Gasteiger partial charge in [0.1, 0.15) is 0 Å². The maximum Gasteiger partial charge on any atom is 0.410 e. The van der Waals surface area contributed by atoms with Crippen molar-refractivity contribution in [3.05, 3.63) is 71.8 Å². The summed E-state index contributed by atoms with van der Waals surface area (Å²) in [6.45, 7) is 5.42. The SMILES string of the molecule is CCOC(=O)N(Cc1ccccc1)C1CCC(N(Cc2ccccc2)C(=O)OCC)CC1. The smallest absolute Gasteiger partial charge is 0.410 e. The molecule has 2 aromatic carbocycles. The van der Waals surface area contributed by atoms with Gasteiger partial charge in [0, 0.05) is 25.2 Å². The summed E-state index contributed by atoms with van der Waals surface area (Å²) in [6.07, 6.45) is 2.74. The monoisotopic (exact) mass is 438 g/mol. The van der Waals surface area contributed by atoms with Crippen molar-refractivity contribution in [1.29, 1.82) is 0 Å². The van der Waals surface area contributed by atoms with Gasteiger partial charge < -0.3 is 19.3 Å². The first-order valence-electron chi connectivity index (χ1n) is 11.6. The number of nitrogens with zero attached hydrogens (tertiary/aromatic N) is 2. The van der Waals surface area contributed by atoms with E-state index in [9.17, 15) is 9.59 Å². The minimum absolute atomic E-state index is 0.0891. The number of ether oxygens (including phenoxy) is 2. The lowest BCUT2D eigenvalue weighted by Crippen LogP contribution is -2.47. The lowest BCUT2D eigenvalue weighted by atomic mass is 9.89. The maximum atomic E-state index is 12.7. The molecule has 0 bridgehead atoms. The van der Waals surface area contributed by atoms with E-state index in [1.807, 2.05) is 84.3 Å². The van der Waals surface area contributed by atoms with Crippen LogP contribution in [-0.4, -0.2) is 47.3 Å². The van der Waals surface area contributed by atoms with E-state index in [1.54, 1.807) is 0 Å². The third kappa shape index (κ3) is 6.49. The van der Waals surface area contributed by atoms with Crippen LogP contribution in [0.4, 0.5) is 9.59 Å². The molecule has 0 aliphatic heterocycles. The third-order valence-electron chi connectivity index (χ3n) is 5.94. The lowest BCUT2D eigenvalue weighted by molar-refractivity contribution is 0.0501. The van der Waals surface area contributed by atoms with Gasteiger partial charge in [-0.05, 0) is 50.7 Å². The van der Waals surface area contributed by atoms with E-state index in [2.05, 4.69) is 0 Å². The summed E-state index contributed by atoms with van der Waals surface area (Å²) in [7, 11) is 0. The summed E-state index contributed by atoms with van der Waals surface area (Å²) in [5.74, 6) is 0. The zero-order valence-corrected chi connectivity index (χ0v) is 19.1. The van der Waals surface area contributed by atoms with Crippen molar-refractivity contribution in [2.75, 3.05) is 13.2 Å². The predicted molar refractivity (Wildman–Crippen MR) is 124 cm³/mol. The molecule has 6 heteroatoms. The highest BCUT2D eigenvalue weighted by atomic mass is 16.6. The largest absolute Gasteiger partial charge is 0.450 e. The van der Waals surface area contributed by atoms with Crippen LogP contribution >= 0.6 is 0 Å². The molecule has 0 atom stereocenters. The van der Waals surface area contributed by atoms with Crippen LogP contribution in [0, 0.1) is 0 Å². The number of hydrogen-bond donors (Lipinski definition) is 0. The highest BCUT2D eigenvalue weighted by Crippen LogP contribution is 2.29. The van der Waals surface area contributed by atoms with Crippen LogP contribution in [0.25, 0.3) is 0 Å². The van der Waals surface area contributed by atoms with E-state index in [0.717, 1.165) is 36.8 Å². The van der Waals surface area contributed by atoms with Crippen molar-refractivity contribution in [3.8, 4) is 0 Å². The van der Waals surface area contributed by atoms with Crippen LogP contribution in [-0.2, 0) is 22.6 Å². The van der Waals surface area contributed by atoms with Crippen LogP contribution in [0.2, 0.25) is 0 Å². The van der Waals surface area contributed by atoms with Crippen molar-refractivity contribution in [1.82, 2.24) is 9.80 Å². The van der Waals surface area contributed by atoms with Crippen molar-refractivity contribution in [2.24, 2.45) is 0 Å². The topological polar surface area (TPSA) is 59.1 Å². The summed E-state index contributed by atoms with van der Waals surface area (Å²) in [4.78, 5) is 29.1. The molecule has 0 unspecified atom stereocenters. The van der Waals surface area contributed by atoms with Crippen molar-refractivity contribution >= 4 is 12.2 Å². The molecule has 32 heavy (non-hydrogen) atoms. The van der Waals surface area contributed by atoms with Gasteiger partial charge in [-0.15, -0.1) is 0 Å². The molecule has 6 nitrogen and oxygen atoms in total. The molecule has 0 heterocycles. The number of carbonyl (C=O) groups is 2. The average molecular weight is 439 g/mol. The Labute approximate surface area is 191 Å². The normalized spacial score (nSPS) is 17.9. The maximum absolute atomic E-state index is 12.7. The summed E-state index contributed by atoms with van der Waals surface area (Å²) < 4.78 is 10.7. The zero-order valence-electron chi connectivity index (χ0n) is 19.1. The van der Waals surface area contributed by atoms with E-state index in [0.29, 0.717) is 26.3 Å². The summed E-state index contributed by atoms with van der Waals surface area (Å²) in [5, 5.41) is 0. The molecule has 172 valence electrons. The second kappa shape index (κ2) is 12.1. The molecule has 0 aromatic heterocycles. The van der Waals surface area contributed by atoms with E-state index >= 15 is 0 Å². The van der Waals surface area contributed by atoms with Crippen LogP contribution in [0.1, 0.15) is 50.7 Å². The minimum atomic E-state index is -0.272. The van der Waals surface area contributed by atoms with Gasteiger partial charge in [0.05, 0.1) is 13.2 Å². The molecule has 2 amide bonds. The molecule has 0 saturated heterocycles. The fraction of sp³-hybridized carbons (Fsp3) is 0.462. The van der Waals surface area contributed by atoms with Gasteiger partial charge in [-0.1, -0.05) is 60.7 Å². The first kappa shape index (κ1) is 23.6. The van der Waals surface area contributed by atoms with Crippen LogP contribution in [0.15, 0.2) is 60.7 Å². The molecular weight excluding hydrogens is 404 g/mol. The van der Waals surface area contributed by atoms with E-state index in [4.69, 9.17) is 9.47 Å². The Bertz CT molecular complexity index is 764. The van der Waals surface area contributed by atoms with Crippen molar-refractivity contribution in [3.63, 3.8) is 0 Å². The van der Waals surface area contributed by atoms with Gasteiger partial charge in [0.25, 0.3) is 0 Å². The summed E-state index contributed by atoms with van der Waals surface area (Å²) >= 11 is 0. The third-order valence-corrected chi connectivity index (χ3v) is 5.94. The molecule has 1 saturated carbocycles. The quantitative estimate of drug-likeness (QED) is 0.537. The minimum Gasteiger partial charge on any atom is -0.450 e. The first-order valence-corrected chi connectivity index (χ1v) is 11.6. The van der Waals surface area contributed by atoms with Gasteiger partial charge in [0.2, 0.25) is 0 Å². The molecule has 1 aliphatic carbocycles. The molecule has 1 fully saturated rings. The standard InChI is InChI=1S/C26H34N2O4/c1-3-31-25(29)27(19-21-11-7-5-8-12-21)23-15-17-24(18-16-23)28(26(30)32-4-2)20-22-13-9-6-10-14-22/h5-14,23-24H,3-4,15-20H2,1-2H3. The predicted octanol–water partition coefficient (Wildman–Crippen LogP) is 5.62. The highest BCUT2D eigenvalue weighted by Gasteiger charge is 2.34. The lowest BCUT2D eigenvalue weighted by Gasteiger charge is -2.40. The van der Waals surface area contributed by atoms with Gasteiger partial charge in [-0.25, -0.2) is 9.59 Å². The number of rotatable bonds is 8. The Morgan fingerprint density at radius 1 is 0.688 bits per heavy atom. The highest BCUT2D eigenvalue weighted by molar-refractivity contribution is 5.69. The van der Waals surface area contributed by atoms with E-state index in [-0.39, 0.29) is 24.3 Å². The van der Waals surface area contributed by atoms with Crippen molar-refractivity contribution in [2.45, 2.75) is 64.7 Å². The molecular formula is C26H34N2O4. The van der Waals surface area contributed by atoms with Crippen molar-refractivity contribution < 1.29 is 19.1 Å². The Morgan fingerprint density at radius 3 is 1.34 bits per heavy atom. The van der Waals surface area contributed by atoms with E-state index in [1.165, 1.54) is 0 Å². The van der Waals surface area contributed by atoms with Gasteiger partial charge in [-0.2, -0.15) is 0 Å². The average Bonchev–Trinajstić information content (AvgIpc) is 2.83. The zero-order chi connectivity index (χ0) is 22.8. The molecule has 0 spiro atoms. The number of carbonyl (C=O) groups excluding carboxylic acids is 2. The summed E-state index contributed by atoms with van der Waals surface area (Å²) in [5.41, 5.74) is 2.17. The van der Waals surface area contributed by atoms with E-state index < -0.39 is 0 Å². The first-order chi connectivity index (χ1) is 15.6. The second-order valence-electron chi connectivity index (χ2n) is 8.09. The van der Waals surface area contributed by atoms with Crippen LogP contribution in [0.5, 0.6) is 0 Å². The molecule has 0 radical (unpaired) electrons. The van der Waals surface area contributed by atoms with Crippen LogP contribution in [0.3, 0.4) is 0 Å². The Kier molecular flexibility index (Phi) is 8.96. The van der Waals surface area contributed by atoms with Gasteiger partial charge >= 0.3 is 12.2 Å². The summed E-state index contributed by atoms with van der Waals surface area (Å²) in [6, 6.07) is 20.2. The second-order valence-corrected chi connectivity index (χ2v) is 8.09.